The molecule has 0 aromatic heterocycles. The minimum atomic E-state index is -0.0664. The molecule has 3 rings (SSSR count). The topological polar surface area (TPSA) is 49.4 Å². The van der Waals surface area contributed by atoms with E-state index in [1.807, 2.05) is 41.3 Å². The molecule has 0 saturated carbocycles. The van der Waals surface area contributed by atoms with Gasteiger partial charge in [0.15, 0.2) is 0 Å². The molecule has 0 aliphatic carbocycles. The number of thioether (sulfide) groups is 1. The fourth-order valence-corrected chi connectivity index (χ4v) is 4.29. The van der Waals surface area contributed by atoms with Crippen LogP contribution in [-0.4, -0.2) is 42.1 Å². The Morgan fingerprint density at radius 2 is 1.84 bits per heavy atom. The Kier molecular flexibility index (Phi) is 6.21. The molecular weight excluding hydrogens is 356 g/mol. The van der Waals surface area contributed by atoms with Gasteiger partial charge in [-0.25, -0.2) is 0 Å². The van der Waals surface area contributed by atoms with E-state index in [0.29, 0.717) is 23.7 Å². The molecule has 2 amide bonds. The van der Waals surface area contributed by atoms with Crippen LogP contribution in [0.2, 0.25) is 5.02 Å². The number of fused-ring (bicyclic) bond motifs is 1. The molecule has 0 unspecified atom stereocenters. The summed E-state index contributed by atoms with van der Waals surface area (Å²) in [6.45, 7) is 2.10. The maximum absolute atomic E-state index is 12.1. The molecule has 4 nitrogen and oxygen atoms in total. The summed E-state index contributed by atoms with van der Waals surface area (Å²) < 4.78 is 0. The number of halogens is 1. The van der Waals surface area contributed by atoms with E-state index in [0.717, 1.165) is 41.6 Å². The molecule has 2 aromatic rings. The monoisotopic (exact) mass is 376 g/mol. The smallest absolute Gasteiger partial charge is 0.230 e. The predicted molar refractivity (Wildman–Crippen MR) is 103 cm³/mol. The molecule has 1 aliphatic heterocycles. The summed E-state index contributed by atoms with van der Waals surface area (Å²) >= 11 is 7.77. The van der Waals surface area contributed by atoms with Crippen LogP contribution in [0, 0.1) is 0 Å². The van der Waals surface area contributed by atoms with Crippen LogP contribution < -0.4 is 5.32 Å². The fourth-order valence-electron chi connectivity index (χ4n) is 3.01. The van der Waals surface area contributed by atoms with E-state index in [2.05, 4.69) is 5.32 Å². The minimum Gasteiger partial charge on any atom is -0.355 e. The fraction of sp³-hybridized carbons (Fsp3) is 0.368. The highest BCUT2D eigenvalue weighted by Gasteiger charge is 2.17. The highest BCUT2D eigenvalue weighted by Crippen LogP contribution is 2.33. The van der Waals surface area contributed by atoms with Crippen LogP contribution in [0.1, 0.15) is 19.3 Å². The first-order valence-corrected chi connectivity index (χ1v) is 9.86. The quantitative estimate of drug-likeness (QED) is 0.782. The van der Waals surface area contributed by atoms with Crippen LogP contribution in [0.3, 0.4) is 0 Å². The van der Waals surface area contributed by atoms with Crippen molar-refractivity contribution < 1.29 is 9.59 Å². The molecular formula is C19H21ClN2O2S. The van der Waals surface area contributed by atoms with Gasteiger partial charge in [-0.3, -0.25) is 9.59 Å². The molecule has 0 spiro atoms. The second-order valence-electron chi connectivity index (χ2n) is 6.07. The maximum atomic E-state index is 12.1. The average molecular weight is 377 g/mol. The number of likely N-dealkylation sites (tertiary alicyclic amines) is 1. The van der Waals surface area contributed by atoms with Gasteiger partial charge in [-0.2, -0.15) is 0 Å². The van der Waals surface area contributed by atoms with Crippen LogP contribution in [-0.2, 0) is 9.59 Å². The van der Waals surface area contributed by atoms with E-state index in [-0.39, 0.29) is 11.8 Å². The normalized spacial score (nSPS) is 14.0. The van der Waals surface area contributed by atoms with Crippen LogP contribution >= 0.6 is 23.4 Å². The van der Waals surface area contributed by atoms with E-state index >= 15 is 0 Å². The number of carbonyl (C=O) groups is 2. The van der Waals surface area contributed by atoms with Gasteiger partial charge in [-0.1, -0.05) is 35.9 Å². The zero-order valence-corrected chi connectivity index (χ0v) is 15.5. The molecule has 1 saturated heterocycles. The predicted octanol–water partition coefficient (Wildman–Crippen LogP) is 3.71. The van der Waals surface area contributed by atoms with Gasteiger partial charge in [0.1, 0.15) is 0 Å². The van der Waals surface area contributed by atoms with Crippen LogP contribution in [0.25, 0.3) is 10.8 Å². The summed E-state index contributed by atoms with van der Waals surface area (Å²) in [5.74, 6) is 0.372. The van der Waals surface area contributed by atoms with Crippen LogP contribution in [0.15, 0.2) is 41.3 Å². The molecule has 6 heteroatoms. The van der Waals surface area contributed by atoms with Crippen molar-refractivity contribution in [1.29, 1.82) is 0 Å². The summed E-state index contributed by atoms with van der Waals surface area (Å²) in [4.78, 5) is 26.9. The number of benzene rings is 2. The van der Waals surface area contributed by atoms with E-state index in [4.69, 9.17) is 11.6 Å². The number of carbonyl (C=O) groups excluding carboxylic acids is 2. The van der Waals surface area contributed by atoms with Crippen molar-refractivity contribution in [2.75, 3.05) is 25.4 Å². The molecule has 0 bridgehead atoms. The second-order valence-corrected chi connectivity index (χ2v) is 7.49. The maximum Gasteiger partial charge on any atom is 0.230 e. The molecule has 132 valence electrons. The van der Waals surface area contributed by atoms with Crippen molar-refractivity contribution in [2.24, 2.45) is 0 Å². The Morgan fingerprint density at radius 1 is 1.12 bits per heavy atom. The number of nitrogens with zero attached hydrogens (tertiary/aromatic N) is 1. The summed E-state index contributed by atoms with van der Waals surface area (Å²) in [5, 5.41) is 5.57. The highest BCUT2D eigenvalue weighted by molar-refractivity contribution is 8.00. The number of nitrogens with one attached hydrogen (secondary N) is 1. The zero-order chi connectivity index (χ0) is 17.6. The van der Waals surface area contributed by atoms with Crippen molar-refractivity contribution in [3.8, 4) is 0 Å². The van der Waals surface area contributed by atoms with Gasteiger partial charge in [0.05, 0.1) is 5.75 Å². The third kappa shape index (κ3) is 4.67. The zero-order valence-electron chi connectivity index (χ0n) is 14.0. The lowest BCUT2D eigenvalue weighted by Gasteiger charge is -2.15. The molecule has 25 heavy (non-hydrogen) atoms. The summed E-state index contributed by atoms with van der Waals surface area (Å²) in [5.41, 5.74) is 0. The largest absolute Gasteiger partial charge is 0.355 e. The molecule has 2 aromatic carbocycles. The molecule has 0 atom stereocenters. The molecule has 1 N–H and O–H groups in total. The third-order valence-corrected chi connectivity index (χ3v) is 5.67. The molecule has 0 radical (unpaired) electrons. The van der Waals surface area contributed by atoms with Gasteiger partial charge in [0.25, 0.3) is 0 Å². The van der Waals surface area contributed by atoms with E-state index in [9.17, 15) is 9.59 Å². The number of hydrogen-bond acceptors (Lipinski definition) is 3. The van der Waals surface area contributed by atoms with Crippen LogP contribution in [0.5, 0.6) is 0 Å². The second kappa shape index (κ2) is 8.59. The minimum absolute atomic E-state index is 0.0664. The Bertz CT molecular complexity index is 770. The molecule has 1 heterocycles. The van der Waals surface area contributed by atoms with E-state index in [1.165, 1.54) is 11.8 Å². The van der Waals surface area contributed by atoms with Crippen molar-refractivity contribution in [3.63, 3.8) is 0 Å². The standard InChI is InChI=1S/C19H21ClN2O2S/c20-15-7-3-5-14-6-4-8-16(19(14)15)25-13-17(23)21-10-9-18(24)22-11-1-2-12-22/h3-8H,1-2,9-13H2,(H,21,23). The lowest BCUT2D eigenvalue weighted by Crippen LogP contribution is -2.33. The van der Waals surface area contributed by atoms with Crippen molar-refractivity contribution in [1.82, 2.24) is 10.2 Å². The van der Waals surface area contributed by atoms with E-state index in [1.54, 1.807) is 0 Å². The Labute approximate surface area is 156 Å². The number of hydrogen-bond donors (Lipinski definition) is 1. The van der Waals surface area contributed by atoms with Crippen molar-refractivity contribution >= 4 is 45.9 Å². The third-order valence-electron chi connectivity index (χ3n) is 4.29. The Balaban J connectivity index is 1.49. The summed E-state index contributed by atoms with van der Waals surface area (Å²) in [6.07, 6.45) is 2.54. The lowest BCUT2D eigenvalue weighted by molar-refractivity contribution is -0.130. The molecule has 1 fully saturated rings. The van der Waals surface area contributed by atoms with Gasteiger partial charge in [-0.15, -0.1) is 11.8 Å². The first kappa shape index (κ1) is 18.1. The van der Waals surface area contributed by atoms with Gasteiger partial charge < -0.3 is 10.2 Å². The SMILES string of the molecule is O=C(CSc1cccc2cccc(Cl)c12)NCCC(=O)N1CCCC1. The van der Waals surface area contributed by atoms with Gasteiger partial charge >= 0.3 is 0 Å². The summed E-state index contributed by atoms with van der Waals surface area (Å²) in [7, 11) is 0. The van der Waals surface area contributed by atoms with Gasteiger partial charge in [0.2, 0.25) is 11.8 Å². The number of rotatable bonds is 6. The summed E-state index contributed by atoms with van der Waals surface area (Å²) in [6, 6.07) is 11.7. The van der Waals surface area contributed by atoms with Crippen molar-refractivity contribution in [3.05, 3.63) is 41.4 Å². The molecule has 1 aliphatic rings. The average Bonchev–Trinajstić information content (AvgIpc) is 3.15. The van der Waals surface area contributed by atoms with Gasteiger partial charge in [-0.05, 0) is 30.4 Å². The van der Waals surface area contributed by atoms with E-state index < -0.39 is 0 Å². The Morgan fingerprint density at radius 3 is 2.60 bits per heavy atom. The first-order valence-electron chi connectivity index (χ1n) is 8.49. The van der Waals surface area contributed by atoms with Crippen molar-refractivity contribution in [2.45, 2.75) is 24.2 Å². The lowest BCUT2D eigenvalue weighted by atomic mass is 10.1. The Hall–Kier alpha value is -1.72. The highest BCUT2D eigenvalue weighted by atomic mass is 35.5. The van der Waals surface area contributed by atoms with Gasteiger partial charge in [0, 0.05) is 41.4 Å². The number of amides is 2. The first-order chi connectivity index (χ1) is 12.1. The van der Waals surface area contributed by atoms with Crippen LogP contribution in [0.4, 0.5) is 0 Å².